The van der Waals surface area contributed by atoms with Gasteiger partial charge in [-0.25, -0.2) is 0 Å². The average molecular weight is 288 g/mol. The Morgan fingerprint density at radius 2 is 1.28 bits per heavy atom. The minimum atomic E-state index is 0.318. The van der Waals surface area contributed by atoms with E-state index in [1.165, 1.54) is 38.5 Å². The SMILES string of the molecule is OCCSC12CC3CC(C1)CC(SCCO)(C3)C2. The molecule has 0 heterocycles. The molecule has 0 unspecified atom stereocenters. The summed E-state index contributed by atoms with van der Waals surface area (Å²) in [6.07, 6.45) is 8.31. The van der Waals surface area contributed by atoms with E-state index in [0.29, 0.717) is 22.7 Å². The quantitative estimate of drug-likeness (QED) is 0.788. The monoisotopic (exact) mass is 288 g/mol. The lowest BCUT2D eigenvalue weighted by atomic mass is 9.55. The summed E-state index contributed by atoms with van der Waals surface area (Å²) in [6, 6.07) is 0. The third-order valence-corrected chi connectivity index (χ3v) is 7.91. The van der Waals surface area contributed by atoms with Crippen molar-refractivity contribution in [2.45, 2.75) is 48.0 Å². The largest absolute Gasteiger partial charge is 0.396 e. The molecule has 0 spiro atoms. The Hall–Kier alpha value is 0.620. The van der Waals surface area contributed by atoms with Crippen molar-refractivity contribution in [2.75, 3.05) is 24.7 Å². The molecule has 4 fully saturated rings. The second-order valence-corrected chi connectivity index (χ2v) is 9.60. The first-order chi connectivity index (χ1) is 8.69. The number of hydrogen-bond acceptors (Lipinski definition) is 4. The van der Waals surface area contributed by atoms with Crippen LogP contribution in [-0.4, -0.2) is 44.4 Å². The Morgan fingerprint density at radius 1 is 0.833 bits per heavy atom. The molecule has 104 valence electrons. The molecule has 4 aliphatic carbocycles. The van der Waals surface area contributed by atoms with Gasteiger partial charge in [0.05, 0.1) is 13.2 Å². The zero-order valence-corrected chi connectivity index (χ0v) is 12.6. The lowest BCUT2D eigenvalue weighted by Gasteiger charge is -2.61. The van der Waals surface area contributed by atoms with Crippen LogP contribution in [-0.2, 0) is 0 Å². The molecule has 4 saturated carbocycles. The number of hydrogen-bond donors (Lipinski definition) is 2. The minimum Gasteiger partial charge on any atom is -0.396 e. The third kappa shape index (κ3) is 2.46. The second kappa shape index (κ2) is 5.19. The summed E-state index contributed by atoms with van der Waals surface area (Å²) in [4.78, 5) is 0. The van der Waals surface area contributed by atoms with E-state index in [0.717, 1.165) is 23.3 Å². The lowest BCUT2D eigenvalue weighted by molar-refractivity contribution is 0.0572. The first-order valence-corrected chi connectivity index (χ1v) is 9.16. The Balaban J connectivity index is 1.75. The maximum Gasteiger partial charge on any atom is 0.0521 e. The van der Waals surface area contributed by atoms with Crippen LogP contribution in [0.5, 0.6) is 0 Å². The summed E-state index contributed by atoms with van der Waals surface area (Å²) in [5, 5.41) is 18.2. The van der Waals surface area contributed by atoms with E-state index in [9.17, 15) is 0 Å². The van der Waals surface area contributed by atoms with Gasteiger partial charge in [-0.3, -0.25) is 0 Å². The minimum absolute atomic E-state index is 0.318. The lowest BCUT2D eigenvalue weighted by Crippen LogP contribution is -2.56. The molecule has 2 nitrogen and oxygen atoms in total. The van der Waals surface area contributed by atoms with Crippen LogP contribution in [0, 0.1) is 11.8 Å². The van der Waals surface area contributed by atoms with Crippen molar-refractivity contribution in [3.05, 3.63) is 0 Å². The van der Waals surface area contributed by atoms with Crippen LogP contribution in [0.25, 0.3) is 0 Å². The number of aliphatic hydroxyl groups is 2. The van der Waals surface area contributed by atoms with E-state index < -0.39 is 0 Å². The van der Waals surface area contributed by atoms with Gasteiger partial charge in [0.1, 0.15) is 0 Å². The predicted molar refractivity (Wildman–Crippen MR) is 79.2 cm³/mol. The van der Waals surface area contributed by atoms with Crippen LogP contribution in [0.4, 0.5) is 0 Å². The van der Waals surface area contributed by atoms with Crippen LogP contribution in [0.3, 0.4) is 0 Å². The van der Waals surface area contributed by atoms with E-state index in [-0.39, 0.29) is 0 Å². The van der Waals surface area contributed by atoms with Crippen molar-refractivity contribution in [1.29, 1.82) is 0 Å². The van der Waals surface area contributed by atoms with Crippen LogP contribution >= 0.6 is 23.5 Å². The highest BCUT2D eigenvalue weighted by Gasteiger charge is 2.57. The molecule has 0 amide bonds. The van der Waals surface area contributed by atoms with Gasteiger partial charge < -0.3 is 10.2 Å². The molecule has 0 saturated heterocycles. The molecule has 0 aromatic rings. The molecule has 0 radical (unpaired) electrons. The summed E-state index contributed by atoms with van der Waals surface area (Å²) < 4.78 is 0.935. The van der Waals surface area contributed by atoms with Gasteiger partial charge in [-0.15, -0.1) is 0 Å². The van der Waals surface area contributed by atoms with Crippen molar-refractivity contribution >= 4 is 23.5 Å². The molecule has 4 bridgehead atoms. The van der Waals surface area contributed by atoms with Crippen LogP contribution in [0.2, 0.25) is 0 Å². The zero-order valence-electron chi connectivity index (χ0n) is 10.9. The molecule has 0 aliphatic heterocycles. The Labute approximate surface area is 118 Å². The predicted octanol–water partition coefficient (Wildman–Crippen LogP) is 2.53. The molecule has 4 heteroatoms. The number of aliphatic hydroxyl groups excluding tert-OH is 2. The summed E-state index contributed by atoms with van der Waals surface area (Å²) in [6.45, 7) is 0.636. The topological polar surface area (TPSA) is 40.5 Å². The Bertz CT molecular complexity index is 268. The van der Waals surface area contributed by atoms with Gasteiger partial charge in [0, 0.05) is 21.0 Å². The smallest absolute Gasteiger partial charge is 0.0521 e. The fourth-order valence-electron chi connectivity index (χ4n) is 4.96. The summed E-state index contributed by atoms with van der Waals surface area (Å²) in [5.74, 6) is 3.65. The van der Waals surface area contributed by atoms with Gasteiger partial charge in [0.2, 0.25) is 0 Å². The fraction of sp³-hybridized carbons (Fsp3) is 1.00. The van der Waals surface area contributed by atoms with Crippen molar-refractivity contribution in [3.8, 4) is 0 Å². The standard InChI is InChI=1S/C14H24O2S2/c15-1-3-17-13-6-11-5-12(7-13)9-14(8-11,10-13)18-4-2-16/h11-12,15-16H,1-10H2. The van der Waals surface area contributed by atoms with Gasteiger partial charge in [-0.1, -0.05) is 0 Å². The van der Waals surface area contributed by atoms with Crippen LogP contribution in [0.1, 0.15) is 38.5 Å². The van der Waals surface area contributed by atoms with Crippen molar-refractivity contribution in [3.63, 3.8) is 0 Å². The third-order valence-electron chi connectivity index (χ3n) is 4.95. The number of thioether (sulfide) groups is 2. The highest BCUT2D eigenvalue weighted by molar-refractivity contribution is 8.01. The van der Waals surface area contributed by atoms with Crippen molar-refractivity contribution in [2.24, 2.45) is 11.8 Å². The molecular formula is C14H24O2S2. The summed E-state index contributed by atoms with van der Waals surface area (Å²) in [7, 11) is 0. The van der Waals surface area contributed by atoms with E-state index in [1.807, 2.05) is 23.5 Å². The van der Waals surface area contributed by atoms with Gasteiger partial charge in [0.15, 0.2) is 0 Å². The van der Waals surface area contributed by atoms with Crippen LogP contribution in [0.15, 0.2) is 0 Å². The molecule has 0 atom stereocenters. The van der Waals surface area contributed by atoms with Gasteiger partial charge in [-0.2, -0.15) is 23.5 Å². The van der Waals surface area contributed by atoms with Gasteiger partial charge in [0.25, 0.3) is 0 Å². The zero-order chi connectivity index (χ0) is 12.6. The van der Waals surface area contributed by atoms with E-state index in [1.54, 1.807) is 0 Å². The molecule has 18 heavy (non-hydrogen) atoms. The molecule has 4 aliphatic rings. The molecule has 4 rings (SSSR count). The highest BCUT2D eigenvalue weighted by Crippen LogP contribution is 2.65. The second-order valence-electron chi connectivity index (χ2n) is 6.47. The maximum absolute atomic E-state index is 9.11. The van der Waals surface area contributed by atoms with Gasteiger partial charge in [-0.05, 0) is 50.4 Å². The molecular weight excluding hydrogens is 264 g/mol. The van der Waals surface area contributed by atoms with E-state index in [2.05, 4.69) is 0 Å². The summed E-state index contributed by atoms with van der Waals surface area (Å²) >= 11 is 4.08. The van der Waals surface area contributed by atoms with E-state index >= 15 is 0 Å². The highest BCUT2D eigenvalue weighted by atomic mass is 32.2. The maximum atomic E-state index is 9.11. The normalized spacial score (nSPS) is 45.7. The average Bonchev–Trinajstić information content (AvgIpc) is 2.32. The Kier molecular flexibility index (Phi) is 3.92. The first-order valence-electron chi connectivity index (χ1n) is 7.19. The van der Waals surface area contributed by atoms with E-state index in [4.69, 9.17) is 10.2 Å². The molecule has 0 aromatic heterocycles. The van der Waals surface area contributed by atoms with Crippen molar-refractivity contribution in [1.82, 2.24) is 0 Å². The fourth-order valence-corrected chi connectivity index (χ4v) is 8.27. The Morgan fingerprint density at radius 3 is 1.67 bits per heavy atom. The van der Waals surface area contributed by atoms with Gasteiger partial charge >= 0.3 is 0 Å². The molecule has 0 aromatic carbocycles. The van der Waals surface area contributed by atoms with Crippen LogP contribution < -0.4 is 0 Å². The summed E-state index contributed by atoms with van der Waals surface area (Å²) in [5.41, 5.74) is 0. The first kappa shape index (κ1) is 13.6. The van der Waals surface area contributed by atoms with Crippen molar-refractivity contribution < 1.29 is 10.2 Å². The number of rotatable bonds is 6. The molecule has 2 N–H and O–H groups in total.